The van der Waals surface area contributed by atoms with E-state index in [1.807, 2.05) is 13.8 Å². The Morgan fingerprint density at radius 1 is 1.17 bits per heavy atom. The monoisotopic (exact) mass is 248 g/mol. The number of phenols is 1. The molecule has 2 atom stereocenters. The molecule has 0 aromatic heterocycles. The van der Waals surface area contributed by atoms with Crippen LogP contribution in [0.2, 0.25) is 0 Å². The number of para-hydroxylation sites is 1. The first kappa shape index (κ1) is 15.1. The fourth-order valence-electron chi connectivity index (χ4n) is 2.42. The molecule has 1 saturated carbocycles. The number of aromatic hydroxyl groups is 1. The molecule has 1 nitrogen and oxygen atoms in total. The van der Waals surface area contributed by atoms with E-state index in [1.54, 1.807) is 0 Å². The van der Waals surface area contributed by atoms with Gasteiger partial charge in [0.2, 0.25) is 0 Å². The van der Waals surface area contributed by atoms with Gasteiger partial charge in [0.15, 0.2) is 0 Å². The van der Waals surface area contributed by atoms with Gasteiger partial charge in [-0.05, 0) is 48.1 Å². The van der Waals surface area contributed by atoms with Crippen molar-refractivity contribution in [1.29, 1.82) is 0 Å². The molecule has 0 heterocycles. The van der Waals surface area contributed by atoms with Crippen LogP contribution in [0, 0.1) is 5.92 Å². The standard InChI is InChI=1S/C15H22O.C2H6/c1-4-10(2)13-6-5-7-14(15(13)16)11(3)12-8-9-12;1-2/h5-7,10-12,16H,4,8-9H2,1-3H3;1-2H3. The second kappa shape index (κ2) is 6.82. The Labute approximate surface area is 112 Å². The molecule has 1 fully saturated rings. The lowest BCUT2D eigenvalue weighted by Crippen LogP contribution is -2.00. The minimum atomic E-state index is 0.450. The van der Waals surface area contributed by atoms with E-state index in [0.717, 1.165) is 23.5 Å². The van der Waals surface area contributed by atoms with Crippen molar-refractivity contribution in [2.75, 3.05) is 0 Å². The van der Waals surface area contributed by atoms with Gasteiger partial charge < -0.3 is 5.11 Å². The number of hydrogen-bond donors (Lipinski definition) is 1. The largest absolute Gasteiger partial charge is 0.507 e. The first-order chi connectivity index (χ1) is 8.65. The third kappa shape index (κ3) is 3.28. The Bertz CT molecular complexity index is 366. The Morgan fingerprint density at radius 2 is 1.72 bits per heavy atom. The van der Waals surface area contributed by atoms with E-state index in [-0.39, 0.29) is 0 Å². The van der Waals surface area contributed by atoms with E-state index >= 15 is 0 Å². The molecule has 0 spiro atoms. The number of hydrogen-bond acceptors (Lipinski definition) is 1. The minimum Gasteiger partial charge on any atom is -0.507 e. The van der Waals surface area contributed by atoms with Crippen LogP contribution in [0.3, 0.4) is 0 Å². The van der Waals surface area contributed by atoms with Crippen LogP contribution in [0.4, 0.5) is 0 Å². The third-order valence-corrected chi connectivity index (χ3v) is 4.06. The molecule has 0 saturated heterocycles. The lowest BCUT2D eigenvalue weighted by Gasteiger charge is -2.18. The fourth-order valence-corrected chi connectivity index (χ4v) is 2.42. The van der Waals surface area contributed by atoms with Gasteiger partial charge in [-0.25, -0.2) is 0 Å². The van der Waals surface area contributed by atoms with Crippen molar-refractivity contribution in [1.82, 2.24) is 0 Å². The van der Waals surface area contributed by atoms with Crippen LogP contribution in [-0.2, 0) is 0 Å². The van der Waals surface area contributed by atoms with Crippen LogP contribution >= 0.6 is 0 Å². The smallest absolute Gasteiger partial charge is 0.122 e. The van der Waals surface area contributed by atoms with Crippen LogP contribution in [0.25, 0.3) is 0 Å². The minimum absolute atomic E-state index is 0.450. The molecule has 1 heteroatoms. The summed E-state index contributed by atoms with van der Waals surface area (Å²) in [6.07, 6.45) is 3.73. The predicted octanol–water partition coefficient (Wildman–Crippen LogP) is 5.45. The summed E-state index contributed by atoms with van der Waals surface area (Å²) in [5.74, 6) is 2.32. The number of rotatable bonds is 4. The normalized spacial score (nSPS) is 17.6. The summed E-state index contributed by atoms with van der Waals surface area (Å²) in [7, 11) is 0. The van der Waals surface area contributed by atoms with E-state index in [1.165, 1.54) is 12.8 Å². The summed E-state index contributed by atoms with van der Waals surface area (Å²) in [6.45, 7) is 10.6. The highest BCUT2D eigenvalue weighted by molar-refractivity contribution is 5.44. The second-order valence-corrected chi connectivity index (χ2v) is 5.22. The fraction of sp³-hybridized carbons (Fsp3) is 0.647. The summed E-state index contributed by atoms with van der Waals surface area (Å²) < 4.78 is 0. The zero-order chi connectivity index (χ0) is 13.7. The highest BCUT2D eigenvalue weighted by atomic mass is 16.3. The van der Waals surface area contributed by atoms with Gasteiger partial charge in [0.05, 0.1) is 0 Å². The molecule has 2 unspecified atom stereocenters. The zero-order valence-corrected chi connectivity index (χ0v) is 12.5. The Kier molecular flexibility index (Phi) is 5.71. The van der Waals surface area contributed by atoms with Gasteiger partial charge in [-0.2, -0.15) is 0 Å². The van der Waals surface area contributed by atoms with Crippen molar-refractivity contribution in [3.8, 4) is 5.75 Å². The average molecular weight is 248 g/mol. The molecule has 1 aromatic rings. The molecule has 18 heavy (non-hydrogen) atoms. The SMILES string of the molecule is CC.CCC(C)c1cccc(C(C)C2CC2)c1O. The molecule has 0 radical (unpaired) electrons. The Balaban J connectivity index is 0.000000771. The molecule has 0 aliphatic heterocycles. The van der Waals surface area contributed by atoms with Gasteiger partial charge in [0, 0.05) is 0 Å². The van der Waals surface area contributed by atoms with Crippen molar-refractivity contribution in [2.45, 2.75) is 65.7 Å². The molecule has 1 aromatic carbocycles. The molecule has 0 bridgehead atoms. The van der Waals surface area contributed by atoms with Crippen LogP contribution in [-0.4, -0.2) is 5.11 Å². The van der Waals surface area contributed by atoms with Crippen molar-refractivity contribution >= 4 is 0 Å². The quantitative estimate of drug-likeness (QED) is 0.751. The highest BCUT2D eigenvalue weighted by Crippen LogP contribution is 2.46. The lowest BCUT2D eigenvalue weighted by atomic mass is 9.89. The molecule has 102 valence electrons. The van der Waals surface area contributed by atoms with Crippen molar-refractivity contribution < 1.29 is 5.11 Å². The first-order valence-electron chi connectivity index (χ1n) is 7.46. The van der Waals surface area contributed by atoms with Crippen LogP contribution < -0.4 is 0 Å². The molecule has 1 aliphatic carbocycles. The second-order valence-electron chi connectivity index (χ2n) is 5.22. The Morgan fingerprint density at radius 3 is 2.22 bits per heavy atom. The number of phenolic OH excluding ortho intramolecular Hbond substituents is 1. The van der Waals surface area contributed by atoms with Gasteiger partial charge in [-0.15, -0.1) is 0 Å². The predicted molar refractivity (Wildman–Crippen MR) is 79.3 cm³/mol. The van der Waals surface area contributed by atoms with E-state index in [0.29, 0.717) is 17.6 Å². The van der Waals surface area contributed by atoms with E-state index < -0.39 is 0 Å². The van der Waals surface area contributed by atoms with E-state index in [9.17, 15) is 5.11 Å². The first-order valence-corrected chi connectivity index (χ1v) is 7.46. The summed E-state index contributed by atoms with van der Waals surface area (Å²) in [4.78, 5) is 0. The highest BCUT2D eigenvalue weighted by Gasteiger charge is 2.30. The average Bonchev–Trinajstić information content (AvgIpc) is 3.24. The summed E-state index contributed by atoms with van der Waals surface area (Å²) in [5.41, 5.74) is 2.27. The number of benzene rings is 1. The molecule has 2 rings (SSSR count). The molecular formula is C17H28O. The van der Waals surface area contributed by atoms with E-state index in [4.69, 9.17) is 0 Å². The van der Waals surface area contributed by atoms with Gasteiger partial charge in [0.25, 0.3) is 0 Å². The van der Waals surface area contributed by atoms with Crippen LogP contribution in [0.15, 0.2) is 18.2 Å². The molecular weight excluding hydrogens is 220 g/mol. The van der Waals surface area contributed by atoms with Crippen LogP contribution in [0.5, 0.6) is 5.75 Å². The lowest BCUT2D eigenvalue weighted by molar-refractivity contribution is 0.446. The summed E-state index contributed by atoms with van der Waals surface area (Å²) >= 11 is 0. The topological polar surface area (TPSA) is 20.2 Å². The van der Waals surface area contributed by atoms with E-state index in [2.05, 4.69) is 39.0 Å². The van der Waals surface area contributed by atoms with Gasteiger partial charge >= 0.3 is 0 Å². The summed E-state index contributed by atoms with van der Waals surface area (Å²) in [5, 5.41) is 10.3. The van der Waals surface area contributed by atoms with Gasteiger partial charge in [-0.1, -0.05) is 52.8 Å². The summed E-state index contributed by atoms with van der Waals surface area (Å²) in [6, 6.07) is 6.24. The van der Waals surface area contributed by atoms with Gasteiger partial charge in [-0.3, -0.25) is 0 Å². The molecule has 0 amide bonds. The maximum Gasteiger partial charge on any atom is 0.122 e. The Hall–Kier alpha value is -0.980. The van der Waals surface area contributed by atoms with Crippen molar-refractivity contribution in [3.05, 3.63) is 29.3 Å². The third-order valence-electron chi connectivity index (χ3n) is 4.06. The maximum absolute atomic E-state index is 10.3. The van der Waals surface area contributed by atoms with Crippen molar-refractivity contribution in [3.63, 3.8) is 0 Å². The zero-order valence-electron chi connectivity index (χ0n) is 12.5. The molecule has 1 aliphatic rings. The van der Waals surface area contributed by atoms with Gasteiger partial charge in [0.1, 0.15) is 5.75 Å². The molecule has 1 N–H and O–H groups in total. The van der Waals surface area contributed by atoms with Crippen LogP contribution in [0.1, 0.15) is 76.8 Å². The van der Waals surface area contributed by atoms with Crippen molar-refractivity contribution in [2.24, 2.45) is 5.92 Å². The maximum atomic E-state index is 10.3.